The molecule has 130 valence electrons. The molecule has 1 aromatic heterocycles. The number of carbonyl (C=O) groups is 3. The molecule has 26 heavy (non-hydrogen) atoms. The first-order valence-corrected chi connectivity index (χ1v) is 8.37. The van der Waals surface area contributed by atoms with Gasteiger partial charge in [-0.2, -0.15) is 5.10 Å². The lowest BCUT2D eigenvalue weighted by molar-refractivity contribution is -0.122. The van der Waals surface area contributed by atoms with Crippen molar-refractivity contribution < 1.29 is 14.4 Å². The molecular weight excluding hydrogens is 379 g/mol. The molecular formula is C17H10Cl2N4O3. The molecule has 3 heterocycles. The van der Waals surface area contributed by atoms with Gasteiger partial charge < -0.3 is 0 Å². The standard InChI is InChI=1S/C17H10Cl2N4O3/c18-9-6-7-10(19)20-12(9)15(24)13-11-14(22-21-13)17(26)23(16(11)25)8-4-2-1-3-5-8/h1-7,11,14,22H/t11-,14-/m0/s1. The second-order valence-corrected chi connectivity index (χ2v) is 6.52. The Bertz CT molecular complexity index is 977. The van der Waals surface area contributed by atoms with Gasteiger partial charge in [0.15, 0.2) is 0 Å². The van der Waals surface area contributed by atoms with Crippen molar-refractivity contribution in [1.29, 1.82) is 0 Å². The molecule has 0 aliphatic carbocycles. The van der Waals surface area contributed by atoms with E-state index < -0.39 is 29.6 Å². The van der Waals surface area contributed by atoms with Gasteiger partial charge in [-0.05, 0) is 24.3 Å². The number of benzene rings is 1. The molecule has 0 bridgehead atoms. The topological polar surface area (TPSA) is 91.7 Å². The number of ketones is 1. The number of amides is 2. The lowest BCUT2D eigenvalue weighted by atomic mass is 9.94. The molecule has 2 atom stereocenters. The van der Waals surface area contributed by atoms with Gasteiger partial charge >= 0.3 is 0 Å². The summed E-state index contributed by atoms with van der Waals surface area (Å²) >= 11 is 11.8. The molecule has 0 radical (unpaired) electrons. The van der Waals surface area contributed by atoms with Crippen LogP contribution in [0.2, 0.25) is 10.2 Å². The number of hydrazone groups is 1. The Balaban J connectivity index is 1.70. The predicted octanol–water partition coefficient (Wildman–Crippen LogP) is 2.09. The van der Waals surface area contributed by atoms with Crippen LogP contribution < -0.4 is 10.3 Å². The minimum Gasteiger partial charge on any atom is -0.296 e. The summed E-state index contributed by atoms with van der Waals surface area (Å²) in [5.74, 6) is -2.68. The number of aromatic nitrogens is 1. The number of Topliss-reactive ketones (excluding diaryl/α,β-unsaturated/α-hetero) is 1. The van der Waals surface area contributed by atoms with Gasteiger partial charge in [-0.25, -0.2) is 9.88 Å². The van der Waals surface area contributed by atoms with Crippen molar-refractivity contribution >= 4 is 52.2 Å². The number of pyridine rings is 1. The summed E-state index contributed by atoms with van der Waals surface area (Å²) in [6.07, 6.45) is 0. The molecule has 4 rings (SSSR count). The van der Waals surface area contributed by atoms with Gasteiger partial charge in [0, 0.05) is 0 Å². The van der Waals surface area contributed by atoms with Crippen LogP contribution in [0.3, 0.4) is 0 Å². The third kappa shape index (κ3) is 2.48. The maximum Gasteiger partial charge on any atom is 0.259 e. The first-order valence-electron chi connectivity index (χ1n) is 7.61. The number of halogens is 2. The Labute approximate surface area is 157 Å². The zero-order chi connectivity index (χ0) is 18.4. The number of rotatable bonds is 3. The van der Waals surface area contributed by atoms with Crippen LogP contribution in [0.5, 0.6) is 0 Å². The van der Waals surface area contributed by atoms with Crippen molar-refractivity contribution in [3.05, 3.63) is 58.3 Å². The van der Waals surface area contributed by atoms with Crippen LogP contribution in [0.1, 0.15) is 10.5 Å². The summed E-state index contributed by atoms with van der Waals surface area (Å²) in [6.45, 7) is 0. The van der Waals surface area contributed by atoms with Crippen LogP contribution in [0.4, 0.5) is 5.69 Å². The third-order valence-electron chi connectivity index (χ3n) is 4.20. The number of carbonyl (C=O) groups excluding carboxylic acids is 3. The SMILES string of the molecule is O=C(C1=NN[C@@H]2C(=O)N(c3ccccc3)C(=O)[C@@H]12)c1nc(Cl)ccc1Cl. The number of anilines is 1. The highest BCUT2D eigenvalue weighted by atomic mass is 35.5. The number of nitrogens with zero attached hydrogens (tertiary/aromatic N) is 3. The summed E-state index contributed by atoms with van der Waals surface area (Å²) in [4.78, 5) is 43.2. The van der Waals surface area contributed by atoms with Gasteiger partial charge in [-0.15, -0.1) is 0 Å². The van der Waals surface area contributed by atoms with Gasteiger partial charge in [0.25, 0.3) is 5.91 Å². The minimum absolute atomic E-state index is 0.0839. The number of hydrogen-bond acceptors (Lipinski definition) is 6. The molecule has 9 heteroatoms. The van der Waals surface area contributed by atoms with Gasteiger partial charge in [0.05, 0.1) is 10.7 Å². The molecule has 2 amide bonds. The Kier molecular flexibility index (Phi) is 3.97. The van der Waals surface area contributed by atoms with Gasteiger partial charge in [-0.1, -0.05) is 41.4 Å². The summed E-state index contributed by atoms with van der Waals surface area (Å²) in [5.41, 5.74) is 2.80. The Morgan fingerprint density at radius 3 is 2.50 bits per heavy atom. The maximum atomic E-state index is 12.8. The zero-order valence-corrected chi connectivity index (χ0v) is 14.5. The molecule has 1 fully saturated rings. The maximum absolute atomic E-state index is 12.8. The molecule has 7 nitrogen and oxygen atoms in total. The molecule has 2 aliphatic rings. The van der Waals surface area contributed by atoms with Crippen LogP contribution in [-0.4, -0.2) is 34.3 Å². The van der Waals surface area contributed by atoms with Crippen LogP contribution in [0, 0.1) is 5.92 Å². The molecule has 2 aromatic rings. The first kappa shape index (κ1) is 16.7. The lowest BCUT2D eigenvalue weighted by Gasteiger charge is -2.15. The van der Waals surface area contributed by atoms with Crippen LogP contribution in [-0.2, 0) is 9.59 Å². The highest BCUT2D eigenvalue weighted by Crippen LogP contribution is 2.32. The van der Waals surface area contributed by atoms with Crippen molar-refractivity contribution in [2.45, 2.75) is 6.04 Å². The van der Waals surface area contributed by atoms with Crippen LogP contribution in [0.15, 0.2) is 47.6 Å². The summed E-state index contributed by atoms with van der Waals surface area (Å²) in [7, 11) is 0. The Morgan fingerprint density at radius 2 is 1.77 bits per heavy atom. The number of hydrogen-bond donors (Lipinski definition) is 1. The predicted molar refractivity (Wildman–Crippen MR) is 95.4 cm³/mol. The smallest absolute Gasteiger partial charge is 0.259 e. The molecule has 1 aromatic carbocycles. The highest BCUT2D eigenvalue weighted by Gasteiger charge is 2.55. The van der Waals surface area contributed by atoms with Crippen LogP contribution in [0.25, 0.3) is 0 Å². The van der Waals surface area contributed by atoms with E-state index in [1.807, 2.05) is 0 Å². The van der Waals surface area contributed by atoms with Crippen molar-refractivity contribution in [3.8, 4) is 0 Å². The largest absolute Gasteiger partial charge is 0.296 e. The number of fused-ring (bicyclic) bond motifs is 1. The fourth-order valence-electron chi connectivity index (χ4n) is 3.01. The van der Waals surface area contributed by atoms with E-state index in [4.69, 9.17) is 23.2 Å². The van der Waals surface area contributed by atoms with E-state index in [1.54, 1.807) is 30.3 Å². The Hall–Kier alpha value is -2.77. The quantitative estimate of drug-likeness (QED) is 0.493. The van der Waals surface area contributed by atoms with E-state index in [0.717, 1.165) is 4.90 Å². The summed E-state index contributed by atoms with van der Waals surface area (Å²) < 4.78 is 0. The normalized spacial score (nSPS) is 21.5. The molecule has 0 spiro atoms. The van der Waals surface area contributed by atoms with Crippen molar-refractivity contribution in [2.75, 3.05) is 4.90 Å². The molecule has 1 saturated heterocycles. The fraction of sp³-hybridized carbons (Fsp3) is 0.118. The molecule has 0 unspecified atom stereocenters. The average Bonchev–Trinajstić information content (AvgIpc) is 3.18. The van der Waals surface area contributed by atoms with Crippen molar-refractivity contribution in [3.63, 3.8) is 0 Å². The third-order valence-corrected chi connectivity index (χ3v) is 4.71. The van der Waals surface area contributed by atoms with Crippen molar-refractivity contribution in [2.24, 2.45) is 11.0 Å². The minimum atomic E-state index is -1.04. The van der Waals surface area contributed by atoms with E-state index in [2.05, 4.69) is 15.5 Å². The fourth-order valence-corrected chi connectivity index (χ4v) is 3.35. The van der Waals surface area contributed by atoms with Crippen molar-refractivity contribution in [1.82, 2.24) is 10.4 Å². The number of nitrogens with one attached hydrogen (secondary N) is 1. The molecule has 1 N–H and O–H groups in total. The van der Waals surface area contributed by atoms with Crippen LogP contribution >= 0.6 is 23.2 Å². The van der Waals surface area contributed by atoms with E-state index in [0.29, 0.717) is 5.69 Å². The number of para-hydroxylation sites is 1. The van der Waals surface area contributed by atoms with Gasteiger partial charge in [-0.3, -0.25) is 19.8 Å². The summed E-state index contributed by atoms with van der Waals surface area (Å²) in [5, 5.41) is 4.07. The second-order valence-electron chi connectivity index (χ2n) is 5.72. The number of imide groups is 1. The van der Waals surface area contributed by atoms with E-state index in [9.17, 15) is 14.4 Å². The molecule has 0 saturated carbocycles. The molecule has 2 aliphatic heterocycles. The van der Waals surface area contributed by atoms with E-state index >= 15 is 0 Å². The lowest BCUT2D eigenvalue weighted by Crippen LogP contribution is -2.36. The highest BCUT2D eigenvalue weighted by molar-refractivity contribution is 6.54. The second kappa shape index (κ2) is 6.19. The first-order chi connectivity index (χ1) is 12.5. The average molecular weight is 389 g/mol. The zero-order valence-electron chi connectivity index (χ0n) is 13.0. The van der Waals surface area contributed by atoms with E-state index in [1.165, 1.54) is 12.1 Å². The van der Waals surface area contributed by atoms with Gasteiger partial charge in [0.1, 0.15) is 28.5 Å². The van der Waals surface area contributed by atoms with E-state index in [-0.39, 0.29) is 21.6 Å². The monoisotopic (exact) mass is 388 g/mol. The summed E-state index contributed by atoms with van der Waals surface area (Å²) in [6, 6.07) is 10.4. The van der Waals surface area contributed by atoms with Gasteiger partial charge in [0.2, 0.25) is 11.7 Å². The Morgan fingerprint density at radius 1 is 1.04 bits per heavy atom.